The summed E-state index contributed by atoms with van der Waals surface area (Å²) in [6.45, 7) is 2.53. The second-order valence-electron chi connectivity index (χ2n) is 4.39. The zero-order valence-electron chi connectivity index (χ0n) is 10.2. The molecule has 2 aromatic rings. The Hall–Kier alpha value is -1.88. The van der Waals surface area contributed by atoms with Gasteiger partial charge in [-0.15, -0.1) is 10.2 Å². The van der Waals surface area contributed by atoms with Crippen molar-refractivity contribution in [3.63, 3.8) is 0 Å². The number of benzene rings is 1. The summed E-state index contributed by atoms with van der Waals surface area (Å²) >= 11 is 0. The molecule has 1 aliphatic heterocycles. The van der Waals surface area contributed by atoms with Gasteiger partial charge in [0.05, 0.1) is 12.0 Å². The molecule has 0 bridgehead atoms. The van der Waals surface area contributed by atoms with Gasteiger partial charge in [-0.05, 0) is 12.5 Å². The van der Waals surface area contributed by atoms with Crippen LogP contribution in [0.1, 0.15) is 42.6 Å². The van der Waals surface area contributed by atoms with Gasteiger partial charge in [0.1, 0.15) is 12.4 Å². The zero-order valence-corrected chi connectivity index (χ0v) is 10.2. The summed E-state index contributed by atoms with van der Waals surface area (Å²) < 4.78 is 11.3. The van der Waals surface area contributed by atoms with Crippen molar-refractivity contribution >= 4 is 0 Å². The molecule has 2 atom stereocenters. The Morgan fingerprint density at radius 3 is 3.06 bits per heavy atom. The average Bonchev–Trinajstić information content (AvgIpc) is 3.03. The molecule has 0 saturated carbocycles. The maximum Gasteiger partial charge on any atom is 0.233 e. The number of hydrogen-bond acceptors (Lipinski definition) is 5. The molecule has 2 unspecified atom stereocenters. The van der Waals surface area contributed by atoms with Crippen molar-refractivity contribution in [3.05, 3.63) is 41.6 Å². The van der Waals surface area contributed by atoms with E-state index in [9.17, 15) is 0 Å². The van der Waals surface area contributed by atoms with E-state index in [2.05, 4.69) is 10.2 Å². The predicted octanol–water partition coefficient (Wildman–Crippen LogP) is 2.00. The Labute approximate surface area is 105 Å². The van der Waals surface area contributed by atoms with Crippen LogP contribution in [-0.4, -0.2) is 16.8 Å². The van der Waals surface area contributed by atoms with Crippen LogP contribution in [0.2, 0.25) is 0 Å². The number of fused-ring (bicyclic) bond motifs is 1. The van der Waals surface area contributed by atoms with Crippen LogP contribution in [-0.2, 0) is 0 Å². The largest absolute Gasteiger partial charge is 0.492 e. The first-order valence-corrected chi connectivity index (χ1v) is 6.10. The fourth-order valence-electron chi connectivity index (χ4n) is 2.08. The van der Waals surface area contributed by atoms with Gasteiger partial charge in [0, 0.05) is 5.56 Å². The van der Waals surface area contributed by atoms with Crippen molar-refractivity contribution in [3.8, 4) is 5.75 Å². The first-order valence-electron chi connectivity index (χ1n) is 6.10. The second kappa shape index (κ2) is 4.42. The van der Waals surface area contributed by atoms with E-state index in [4.69, 9.17) is 14.9 Å². The van der Waals surface area contributed by atoms with Gasteiger partial charge in [-0.2, -0.15) is 0 Å². The maximum absolute atomic E-state index is 5.87. The summed E-state index contributed by atoms with van der Waals surface area (Å²) in [6.07, 6.45) is 0.777. The second-order valence-corrected chi connectivity index (χ2v) is 4.39. The lowest BCUT2D eigenvalue weighted by molar-refractivity contribution is 0.317. The molecule has 5 nitrogen and oxygen atoms in total. The fourth-order valence-corrected chi connectivity index (χ4v) is 2.08. The van der Waals surface area contributed by atoms with E-state index >= 15 is 0 Å². The Kier molecular flexibility index (Phi) is 2.76. The standard InChI is InChI=1S/C13H15N3O2/c1-2-10(14)13-16-15-12(18-13)9-7-17-11-6-4-3-5-8(9)11/h3-6,9-10H,2,7,14H2,1H3. The molecule has 0 fully saturated rings. The van der Waals surface area contributed by atoms with E-state index in [1.54, 1.807) is 0 Å². The molecule has 0 spiro atoms. The summed E-state index contributed by atoms with van der Waals surface area (Å²) in [5.74, 6) is 1.99. The zero-order chi connectivity index (χ0) is 12.5. The molecule has 0 radical (unpaired) electrons. The predicted molar refractivity (Wildman–Crippen MR) is 65.3 cm³/mol. The molecule has 0 saturated heterocycles. The summed E-state index contributed by atoms with van der Waals surface area (Å²) in [4.78, 5) is 0. The molecule has 2 N–H and O–H groups in total. The summed E-state index contributed by atoms with van der Waals surface area (Å²) in [5, 5.41) is 8.10. The molecular weight excluding hydrogens is 230 g/mol. The van der Waals surface area contributed by atoms with Crippen molar-refractivity contribution in [1.82, 2.24) is 10.2 Å². The molecule has 2 heterocycles. The van der Waals surface area contributed by atoms with Crippen LogP contribution in [0, 0.1) is 0 Å². The third-order valence-corrected chi connectivity index (χ3v) is 3.21. The van der Waals surface area contributed by atoms with E-state index in [1.807, 2.05) is 31.2 Å². The molecule has 94 valence electrons. The van der Waals surface area contributed by atoms with Crippen molar-refractivity contribution in [2.75, 3.05) is 6.61 Å². The maximum atomic E-state index is 5.87. The first-order chi connectivity index (χ1) is 8.79. The van der Waals surface area contributed by atoms with Crippen molar-refractivity contribution in [2.45, 2.75) is 25.3 Å². The van der Waals surface area contributed by atoms with Crippen LogP contribution in [0.15, 0.2) is 28.7 Å². The van der Waals surface area contributed by atoms with E-state index in [0.29, 0.717) is 18.4 Å². The number of hydrogen-bond donors (Lipinski definition) is 1. The Morgan fingerprint density at radius 1 is 1.39 bits per heavy atom. The highest BCUT2D eigenvalue weighted by molar-refractivity contribution is 5.42. The highest BCUT2D eigenvalue weighted by Gasteiger charge is 2.30. The molecular formula is C13H15N3O2. The van der Waals surface area contributed by atoms with Gasteiger partial charge in [-0.3, -0.25) is 0 Å². The fraction of sp³-hybridized carbons (Fsp3) is 0.385. The van der Waals surface area contributed by atoms with Crippen LogP contribution in [0.25, 0.3) is 0 Å². The number of nitrogens with two attached hydrogens (primary N) is 1. The number of nitrogens with zero attached hydrogens (tertiary/aromatic N) is 2. The Morgan fingerprint density at radius 2 is 2.22 bits per heavy atom. The highest BCUT2D eigenvalue weighted by Crippen LogP contribution is 2.37. The third kappa shape index (κ3) is 1.76. The lowest BCUT2D eigenvalue weighted by Crippen LogP contribution is -2.08. The van der Waals surface area contributed by atoms with Crippen molar-refractivity contribution < 1.29 is 9.15 Å². The molecule has 0 amide bonds. The topological polar surface area (TPSA) is 74.2 Å². The number of rotatable bonds is 3. The normalized spacial score (nSPS) is 19.3. The minimum Gasteiger partial charge on any atom is -0.492 e. The van der Waals surface area contributed by atoms with Gasteiger partial charge in [-0.25, -0.2) is 0 Å². The number of para-hydroxylation sites is 1. The Balaban J connectivity index is 1.91. The molecule has 1 aromatic carbocycles. The minimum atomic E-state index is -0.191. The lowest BCUT2D eigenvalue weighted by Gasteiger charge is -2.03. The van der Waals surface area contributed by atoms with E-state index in [-0.39, 0.29) is 12.0 Å². The minimum absolute atomic E-state index is 0.0199. The van der Waals surface area contributed by atoms with E-state index in [1.165, 1.54) is 0 Å². The SMILES string of the molecule is CCC(N)c1nnc(C2COc3ccccc32)o1. The quantitative estimate of drug-likeness (QED) is 0.895. The summed E-state index contributed by atoms with van der Waals surface area (Å²) in [6, 6.07) is 7.72. The Bertz CT molecular complexity index is 553. The average molecular weight is 245 g/mol. The van der Waals surface area contributed by atoms with Gasteiger partial charge < -0.3 is 14.9 Å². The third-order valence-electron chi connectivity index (χ3n) is 3.21. The van der Waals surface area contributed by atoms with Gasteiger partial charge in [0.25, 0.3) is 0 Å². The van der Waals surface area contributed by atoms with Crippen molar-refractivity contribution in [1.29, 1.82) is 0 Å². The summed E-state index contributed by atoms with van der Waals surface area (Å²) in [7, 11) is 0. The van der Waals surface area contributed by atoms with Gasteiger partial charge in [0.2, 0.25) is 11.8 Å². The lowest BCUT2D eigenvalue weighted by atomic mass is 10.0. The van der Waals surface area contributed by atoms with Crippen LogP contribution in [0.5, 0.6) is 5.75 Å². The van der Waals surface area contributed by atoms with Crippen LogP contribution < -0.4 is 10.5 Å². The van der Waals surface area contributed by atoms with Crippen molar-refractivity contribution in [2.24, 2.45) is 5.73 Å². The van der Waals surface area contributed by atoms with Crippen LogP contribution >= 0.6 is 0 Å². The summed E-state index contributed by atoms with van der Waals surface area (Å²) in [5.41, 5.74) is 6.97. The highest BCUT2D eigenvalue weighted by atomic mass is 16.5. The van der Waals surface area contributed by atoms with Gasteiger partial charge in [0.15, 0.2) is 0 Å². The molecule has 1 aromatic heterocycles. The molecule has 3 rings (SSSR count). The smallest absolute Gasteiger partial charge is 0.233 e. The van der Waals surface area contributed by atoms with Crippen LogP contribution in [0.4, 0.5) is 0 Å². The van der Waals surface area contributed by atoms with E-state index in [0.717, 1.165) is 17.7 Å². The number of aromatic nitrogens is 2. The van der Waals surface area contributed by atoms with Gasteiger partial charge in [-0.1, -0.05) is 25.1 Å². The number of ether oxygens (including phenoxy) is 1. The molecule has 1 aliphatic rings. The molecule has 5 heteroatoms. The van der Waals surface area contributed by atoms with E-state index < -0.39 is 0 Å². The van der Waals surface area contributed by atoms with Gasteiger partial charge >= 0.3 is 0 Å². The monoisotopic (exact) mass is 245 g/mol. The first kappa shape index (κ1) is 11.2. The van der Waals surface area contributed by atoms with Crippen LogP contribution in [0.3, 0.4) is 0 Å². The molecule has 18 heavy (non-hydrogen) atoms. The molecule has 0 aliphatic carbocycles.